The van der Waals surface area contributed by atoms with Gasteiger partial charge in [-0.05, 0) is 30.4 Å². The van der Waals surface area contributed by atoms with E-state index in [0.717, 1.165) is 0 Å². The number of H-pyrrole nitrogens is 1. The fraction of sp³-hybridized carbons (Fsp3) is 0. The SMILES string of the molecule is O=[N+]([O-])c1ccc(/C=C/c2cc(-c3ccc([N+](=O)[O-])o3)n[nH]2)o1. The largest absolute Gasteiger partial charge is 0.433 e. The number of nitrogens with one attached hydrogen (secondary N) is 1. The first-order valence-corrected chi connectivity index (χ1v) is 6.25. The third-order valence-electron chi connectivity index (χ3n) is 2.84. The minimum absolute atomic E-state index is 0.251. The van der Waals surface area contributed by atoms with Crippen molar-refractivity contribution in [3.8, 4) is 11.5 Å². The van der Waals surface area contributed by atoms with Crippen molar-refractivity contribution in [1.29, 1.82) is 0 Å². The number of hydrogen-bond acceptors (Lipinski definition) is 7. The van der Waals surface area contributed by atoms with Crippen molar-refractivity contribution in [3.05, 3.63) is 62.0 Å². The van der Waals surface area contributed by atoms with E-state index >= 15 is 0 Å². The minimum atomic E-state index is -0.638. The zero-order valence-electron chi connectivity index (χ0n) is 11.3. The number of aromatic amines is 1. The van der Waals surface area contributed by atoms with Crippen molar-refractivity contribution >= 4 is 23.9 Å². The molecule has 3 aromatic heterocycles. The molecule has 0 atom stereocenters. The van der Waals surface area contributed by atoms with Crippen LogP contribution in [0.4, 0.5) is 11.8 Å². The van der Waals surface area contributed by atoms with E-state index in [1.54, 1.807) is 12.1 Å². The summed E-state index contributed by atoms with van der Waals surface area (Å²) in [5, 5.41) is 27.8. The molecule has 0 aliphatic heterocycles. The normalized spacial score (nSPS) is 11.1. The van der Waals surface area contributed by atoms with E-state index in [2.05, 4.69) is 10.2 Å². The number of nitro groups is 2. The predicted molar refractivity (Wildman–Crippen MR) is 77.2 cm³/mol. The van der Waals surface area contributed by atoms with E-state index in [-0.39, 0.29) is 17.5 Å². The van der Waals surface area contributed by atoms with Gasteiger partial charge in [0.25, 0.3) is 0 Å². The predicted octanol–water partition coefficient (Wildman–Crippen LogP) is 3.25. The Morgan fingerprint density at radius 1 is 1.00 bits per heavy atom. The zero-order valence-corrected chi connectivity index (χ0v) is 11.3. The molecule has 3 heterocycles. The summed E-state index contributed by atoms with van der Waals surface area (Å²) in [6, 6.07) is 7.00. The lowest BCUT2D eigenvalue weighted by Crippen LogP contribution is -1.82. The van der Waals surface area contributed by atoms with Crippen molar-refractivity contribution in [2.24, 2.45) is 0 Å². The molecule has 3 rings (SSSR count). The van der Waals surface area contributed by atoms with Gasteiger partial charge in [0.1, 0.15) is 21.3 Å². The van der Waals surface area contributed by atoms with Crippen LogP contribution in [0.25, 0.3) is 23.6 Å². The molecule has 0 amide bonds. The third-order valence-corrected chi connectivity index (χ3v) is 2.84. The van der Waals surface area contributed by atoms with Gasteiger partial charge in [-0.1, -0.05) is 0 Å². The van der Waals surface area contributed by atoms with Gasteiger partial charge < -0.3 is 8.83 Å². The second-order valence-corrected chi connectivity index (χ2v) is 4.37. The Kier molecular flexibility index (Phi) is 3.47. The topological polar surface area (TPSA) is 141 Å². The van der Waals surface area contributed by atoms with Crippen LogP contribution in [0.5, 0.6) is 0 Å². The minimum Gasteiger partial charge on any atom is -0.401 e. The Labute approximate surface area is 127 Å². The van der Waals surface area contributed by atoms with Crippen LogP contribution in [0.3, 0.4) is 0 Å². The van der Waals surface area contributed by atoms with Gasteiger partial charge in [0, 0.05) is 0 Å². The number of nitrogens with zero attached hydrogens (tertiary/aromatic N) is 3. The maximum atomic E-state index is 10.6. The second-order valence-electron chi connectivity index (χ2n) is 4.37. The molecule has 10 nitrogen and oxygen atoms in total. The van der Waals surface area contributed by atoms with E-state index in [1.807, 2.05) is 0 Å². The first-order chi connectivity index (χ1) is 11.0. The molecule has 23 heavy (non-hydrogen) atoms. The zero-order chi connectivity index (χ0) is 16.4. The average molecular weight is 316 g/mol. The van der Waals surface area contributed by atoms with Crippen LogP contribution in [0, 0.1) is 20.2 Å². The number of aromatic nitrogens is 2. The van der Waals surface area contributed by atoms with E-state index < -0.39 is 9.85 Å². The van der Waals surface area contributed by atoms with Gasteiger partial charge in [-0.15, -0.1) is 0 Å². The first-order valence-electron chi connectivity index (χ1n) is 6.25. The summed E-state index contributed by atoms with van der Waals surface area (Å²) >= 11 is 0. The Hall–Kier alpha value is -3.69. The molecule has 10 heteroatoms. The molecule has 0 aliphatic carbocycles. The molecule has 3 aromatic rings. The summed E-state index contributed by atoms with van der Waals surface area (Å²) in [7, 11) is 0. The van der Waals surface area contributed by atoms with Gasteiger partial charge in [0.2, 0.25) is 0 Å². The van der Waals surface area contributed by atoms with Gasteiger partial charge in [0.15, 0.2) is 5.76 Å². The lowest BCUT2D eigenvalue weighted by Gasteiger charge is -1.86. The highest BCUT2D eigenvalue weighted by molar-refractivity contribution is 5.68. The Balaban J connectivity index is 1.76. The second kappa shape index (κ2) is 5.60. The third kappa shape index (κ3) is 3.00. The molecule has 116 valence electrons. The summed E-state index contributed by atoms with van der Waals surface area (Å²) in [4.78, 5) is 19.8. The van der Waals surface area contributed by atoms with Crippen LogP contribution >= 0.6 is 0 Å². The molecule has 0 aromatic carbocycles. The van der Waals surface area contributed by atoms with Crippen LogP contribution in [-0.2, 0) is 0 Å². The molecular formula is C13H8N4O6. The van der Waals surface area contributed by atoms with Crippen LogP contribution in [0.2, 0.25) is 0 Å². The summed E-state index contributed by atoms with van der Waals surface area (Å²) in [5.74, 6) is -0.163. The van der Waals surface area contributed by atoms with Crippen LogP contribution in [0.15, 0.2) is 39.2 Å². The van der Waals surface area contributed by atoms with Crippen molar-refractivity contribution in [3.63, 3.8) is 0 Å². The highest BCUT2D eigenvalue weighted by Gasteiger charge is 2.15. The highest BCUT2D eigenvalue weighted by Crippen LogP contribution is 2.25. The number of furan rings is 2. The summed E-state index contributed by atoms with van der Waals surface area (Å²) in [6.07, 6.45) is 3.12. The number of hydrogen-bond donors (Lipinski definition) is 1. The Morgan fingerprint density at radius 2 is 1.70 bits per heavy atom. The van der Waals surface area contributed by atoms with Gasteiger partial charge in [-0.3, -0.25) is 25.3 Å². The molecule has 0 saturated heterocycles. The van der Waals surface area contributed by atoms with E-state index in [4.69, 9.17) is 8.83 Å². The molecule has 1 N–H and O–H groups in total. The lowest BCUT2D eigenvalue weighted by atomic mass is 10.3. The van der Waals surface area contributed by atoms with Crippen molar-refractivity contribution in [2.45, 2.75) is 0 Å². The van der Waals surface area contributed by atoms with E-state index in [9.17, 15) is 20.2 Å². The first kappa shape index (κ1) is 14.3. The van der Waals surface area contributed by atoms with Gasteiger partial charge in [-0.2, -0.15) is 5.10 Å². The summed E-state index contributed by atoms with van der Waals surface area (Å²) in [5.41, 5.74) is 0.960. The van der Waals surface area contributed by atoms with E-state index in [1.165, 1.54) is 30.3 Å². The lowest BCUT2D eigenvalue weighted by molar-refractivity contribution is -0.402. The molecular weight excluding hydrogens is 308 g/mol. The molecule has 0 aliphatic rings. The van der Waals surface area contributed by atoms with Crippen molar-refractivity contribution in [2.75, 3.05) is 0 Å². The van der Waals surface area contributed by atoms with Gasteiger partial charge in [-0.25, -0.2) is 0 Å². The van der Waals surface area contributed by atoms with Gasteiger partial charge >= 0.3 is 11.8 Å². The maximum Gasteiger partial charge on any atom is 0.433 e. The van der Waals surface area contributed by atoms with Crippen LogP contribution < -0.4 is 0 Å². The van der Waals surface area contributed by atoms with Crippen LogP contribution in [0.1, 0.15) is 11.5 Å². The fourth-order valence-electron chi connectivity index (χ4n) is 1.81. The molecule has 0 radical (unpaired) electrons. The average Bonchev–Trinajstić information content (AvgIpc) is 3.24. The van der Waals surface area contributed by atoms with Gasteiger partial charge in [0.05, 0.1) is 17.8 Å². The fourth-order valence-corrected chi connectivity index (χ4v) is 1.81. The molecule has 0 fully saturated rings. The molecule has 0 bridgehead atoms. The molecule has 0 spiro atoms. The molecule has 0 saturated carbocycles. The summed E-state index contributed by atoms with van der Waals surface area (Å²) < 4.78 is 10.0. The maximum absolute atomic E-state index is 10.6. The Bertz CT molecular complexity index is 903. The quantitative estimate of drug-likeness (QED) is 0.562. The standard InChI is InChI=1S/C13H8N4O6/c18-16(19)12-5-3-9(22-12)2-1-8-7-10(15-14-8)11-4-6-13(23-11)17(20)21/h1-7H,(H,14,15)/b2-1+. The Morgan fingerprint density at radius 3 is 2.35 bits per heavy atom. The highest BCUT2D eigenvalue weighted by atomic mass is 16.7. The number of rotatable bonds is 5. The van der Waals surface area contributed by atoms with Crippen LogP contribution in [-0.4, -0.2) is 20.0 Å². The molecule has 0 unspecified atom stereocenters. The van der Waals surface area contributed by atoms with E-state index in [0.29, 0.717) is 17.1 Å². The summed E-state index contributed by atoms with van der Waals surface area (Å²) in [6.45, 7) is 0. The monoisotopic (exact) mass is 316 g/mol. The smallest absolute Gasteiger partial charge is 0.401 e. The van der Waals surface area contributed by atoms with Crippen molar-refractivity contribution < 1.29 is 18.7 Å². The van der Waals surface area contributed by atoms with Crippen molar-refractivity contribution in [1.82, 2.24) is 10.2 Å².